The van der Waals surface area contributed by atoms with E-state index in [9.17, 15) is 0 Å². The second kappa shape index (κ2) is 4.40. The topological polar surface area (TPSA) is 46.2 Å². The smallest absolute Gasteiger partial charge is 0.0624 e. The Labute approximate surface area is 79.4 Å². The zero-order valence-corrected chi connectivity index (χ0v) is 8.20. The normalized spacial score (nSPS) is 13.3. The van der Waals surface area contributed by atoms with Gasteiger partial charge in [-0.1, -0.05) is 38.1 Å². The maximum absolute atomic E-state index is 8.97. The predicted molar refractivity (Wildman–Crippen MR) is 54.5 cm³/mol. The summed E-state index contributed by atoms with van der Waals surface area (Å²) in [5.74, 6) is 0.453. The number of aliphatic hydroxyl groups excluding tert-OH is 1. The Morgan fingerprint density at radius 3 is 2.23 bits per heavy atom. The van der Waals surface area contributed by atoms with Crippen molar-refractivity contribution in [2.75, 3.05) is 6.61 Å². The third-order valence-electron chi connectivity index (χ3n) is 2.21. The van der Waals surface area contributed by atoms with Gasteiger partial charge in [0.15, 0.2) is 0 Å². The molecule has 0 aliphatic heterocycles. The number of nitrogens with two attached hydrogens (primary N) is 1. The summed E-state index contributed by atoms with van der Waals surface area (Å²) >= 11 is 0. The molecule has 2 heteroatoms. The Morgan fingerprint density at radius 1 is 1.23 bits per heavy atom. The Hall–Kier alpha value is -0.860. The summed E-state index contributed by atoms with van der Waals surface area (Å²) in [5, 5.41) is 8.97. The molecule has 0 unspecified atom stereocenters. The van der Waals surface area contributed by atoms with Crippen LogP contribution in [0.3, 0.4) is 0 Å². The molecule has 0 radical (unpaired) electrons. The van der Waals surface area contributed by atoms with Gasteiger partial charge in [-0.2, -0.15) is 0 Å². The highest BCUT2D eigenvalue weighted by atomic mass is 16.3. The molecule has 0 bridgehead atoms. The second-order valence-corrected chi connectivity index (χ2v) is 3.57. The van der Waals surface area contributed by atoms with Gasteiger partial charge in [0.05, 0.1) is 12.6 Å². The van der Waals surface area contributed by atoms with Crippen molar-refractivity contribution < 1.29 is 5.11 Å². The van der Waals surface area contributed by atoms with Crippen LogP contribution in [0.15, 0.2) is 24.3 Å². The van der Waals surface area contributed by atoms with Gasteiger partial charge in [0.25, 0.3) is 0 Å². The molecule has 1 aromatic rings. The van der Waals surface area contributed by atoms with Gasteiger partial charge >= 0.3 is 0 Å². The van der Waals surface area contributed by atoms with E-state index >= 15 is 0 Å². The highest BCUT2D eigenvalue weighted by Crippen LogP contribution is 2.23. The van der Waals surface area contributed by atoms with Gasteiger partial charge in [-0.25, -0.2) is 0 Å². The molecule has 0 fully saturated rings. The molecule has 0 aromatic heterocycles. The quantitative estimate of drug-likeness (QED) is 0.743. The first-order valence-corrected chi connectivity index (χ1v) is 4.62. The average Bonchev–Trinajstić information content (AvgIpc) is 2.16. The summed E-state index contributed by atoms with van der Waals surface area (Å²) in [6, 6.07) is 7.75. The van der Waals surface area contributed by atoms with Gasteiger partial charge in [0.1, 0.15) is 0 Å². The van der Waals surface area contributed by atoms with E-state index in [2.05, 4.69) is 19.9 Å². The van der Waals surface area contributed by atoms with E-state index in [4.69, 9.17) is 10.8 Å². The molecule has 0 aliphatic rings. The van der Waals surface area contributed by atoms with E-state index in [-0.39, 0.29) is 12.6 Å². The van der Waals surface area contributed by atoms with Crippen molar-refractivity contribution in [3.05, 3.63) is 35.4 Å². The van der Waals surface area contributed by atoms with E-state index in [0.29, 0.717) is 5.92 Å². The number of rotatable bonds is 3. The first kappa shape index (κ1) is 10.2. The molecule has 2 nitrogen and oxygen atoms in total. The molecule has 3 N–H and O–H groups in total. The van der Waals surface area contributed by atoms with Crippen molar-refractivity contribution in [2.24, 2.45) is 5.73 Å². The van der Waals surface area contributed by atoms with Crippen LogP contribution in [-0.4, -0.2) is 11.7 Å². The standard InChI is InChI=1S/C11H17NO/c1-8(2)9-5-3-4-6-10(9)11(12)7-13/h3-6,8,11,13H,7,12H2,1-2H3/t11-/m0/s1. The lowest BCUT2D eigenvalue weighted by atomic mass is 9.93. The van der Waals surface area contributed by atoms with E-state index < -0.39 is 0 Å². The fraction of sp³-hybridized carbons (Fsp3) is 0.455. The summed E-state index contributed by atoms with van der Waals surface area (Å²) < 4.78 is 0. The molecule has 13 heavy (non-hydrogen) atoms. The molecule has 1 aromatic carbocycles. The Morgan fingerprint density at radius 2 is 1.77 bits per heavy atom. The number of hydrogen-bond donors (Lipinski definition) is 2. The van der Waals surface area contributed by atoms with Crippen LogP contribution in [0.25, 0.3) is 0 Å². The number of aliphatic hydroxyl groups is 1. The van der Waals surface area contributed by atoms with Crippen LogP contribution in [0, 0.1) is 0 Å². The Balaban J connectivity index is 3.04. The van der Waals surface area contributed by atoms with Gasteiger partial charge in [-0.3, -0.25) is 0 Å². The van der Waals surface area contributed by atoms with E-state index in [0.717, 1.165) is 5.56 Å². The van der Waals surface area contributed by atoms with Crippen molar-refractivity contribution in [2.45, 2.75) is 25.8 Å². The molecule has 0 amide bonds. The minimum Gasteiger partial charge on any atom is -0.394 e. The molecule has 1 atom stereocenters. The van der Waals surface area contributed by atoms with Crippen molar-refractivity contribution in [1.29, 1.82) is 0 Å². The number of hydrogen-bond acceptors (Lipinski definition) is 2. The maximum atomic E-state index is 8.97. The second-order valence-electron chi connectivity index (χ2n) is 3.57. The van der Waals surface area contributed by atoms with E-state index in [1.165, 1.54) is 5.56 Å². The summed E-state index contributed by atoms with van der Waals surface area (Å²) in [6.07, 6.45) is 0. The average molecular weight is 179 g/mol. The minimum atomic E-state index is -0.251. The highest BCUT2D eigenvalue weighted by Gasteiger charge is 2.11. The molecule has 0 heterocycles. The molecule has 0 aliphatic carbocycles. The third kappa shape index (κ3) is 2.29. The van der Waals surface area contributed by atoms with Crippen molar-refractivity contribution in [3.8, 4) is 0 Å². The lowest BCUT2D eigenvalue weighted by molar-refractivity contribution is 0.267. The first-order chi connectivity index (χ1) is 6.16. The lowest BCUT2D eigenvalue weighted by Crippen LogP contribution is -2.16. The summed E-state index contributed by atoms with van der Waals surface area (Å²) in [5.41, 5.74) is 8.06. The Kier molecular flexibility index (Phi) is 3.46. The zero-order chi connectivity index (χ0) is 9.84. The fourth-order valence-corrected chi connectivity index (χ4v) is 1.47. The molecular formula is C11H17NO. The minimum absolute atomic E-state index is 0.00370. The van der Waals surface area contributed by atoms with Crippen LogP contribution >= 0.6 is 0 Å². The first-order valence-electron chi connectivity index (χ1n) is 4.62. The van der Waals surface area contributed by atoms with Crippen LogP contribution in [0.4, 0.5) is 0 Å². The molecule has 72 valence electrons. The number of benzene rings is 1. The fourth-order valence-electron chi connectivity index (χ4n) is 1.47. The Bertz CT molecular complexity index is 271. The van der Waals surface area contributed by atoms with Crippen LogP contribution < -0.4 is 5.73 Å². The van der Waals surface area contributed by atoms with E-state index in [1.54, 1.807) is 0 Å². The van der Waals surface area contributed by atoms with Gasteiger partial charge < -0.3 is 10.8 Å². The summed E-state index contributed by atoms with van der Waals surface area (Å²) in [6.45, 7) is 4.26. The highest BCUT2D eigenvalue weighted by molar-refractivity contribution is 5.32. The molecule has 0 saturated carbocycles. The molecule has 0 saturated heterocycles. The van der Waals surface area contributed by atoms with Crippen LogP contribution in [0.5, 0.6) is 0 Å². The van der Waals surface area contributed by atoms with Crippen molar-refractivity contribution >= 4 is 0 Å². The monoisotopic (exact) mass is 179 g/mol. The van der Waals surface area contributed by atoms with Crippen molar-refractivity contribution in [3.63, 3.8) is 0 Å². The maximum Gasteiger partial charge on any atom is 0.0624 e. The van der Waals surface area contributed by atoms with Gasteiger partial charge in [0, 0.05) is 0 Å². The van der Waals surface area contributed by atoms with Gasteiger partial charge in [0.2, 0.25) is 0 Å². The van der Waals surface area contributed by atoms with Gasteiger partial charge in [-0.15, -0.1) is 0 Å². The molecular weight excluding hydrogens is 162 g/mol. The molecule has 0 spiro atoms. The predicted octanol–water partition coefficient (Wildman–Crippen LogP) is 1.80. The van der Waals surface area contributed by atoms with Crippen LogP contribution in [-0.2, 0) is 0 Å². The van der Waals surface area contributed by atoms with Crippen molar-refractivity contribution in [1.82, 2.24) is 0 Å². The van der Waals surface area contributed by atoms with E-state index in [1.807, 2.05) is 18.2 Å². The SMILES string of the molecule is CC(C)c1ccccc1[C@@H](N)CO. The lowest BCUT2D eigenvalue weighted by Gasteiger charge is -2.16. The van der Waals surface area contributed by atoms with Crippen LogP contribution in [0.2, 0.25) is 0 Å². The van der Waals surface area contributed by atoms with Gasteiger partial charge in [-0.05, 0) is 17.0 Å². The molecule has 1 rings (SSSR count). The van der Waals surface area contributed by atoms with Crippen LogP contribution in [0.1, 0.15) is 36.9 Å². The summed E-state index contributed by atoms with van der Waals surface area (Å²) in [7, 11) is 0. The zero-order valence-electron chi connectivity index (χ0n) is 8.20. The largest absolute Gasteiger partial charge is 0.394 e. The third-order valence-corrected chi connectivity index (χ3v) is 2.21. The summed E-state index contributed by atoms with van der Waals surface area (Å²) in [4.78, 5) is 0.